The van der Waals surface area contributed by atoms with Gasteiger partial charge >= 0.3 is 11.9 Å². The first-order chi connectivity index (χ1) is 16.5. The van der Waals surface area contributed by atoms with Gasteiger partial charge in [-0.05, 0) is 67.0 Å². The van der Waals surface area contributed by atoms with Crippen molar-refractivity contribution in [1.82, 2.24) is 0 Å². The Morgan fingerprint density at radius 2 is 1.26 bits per heavy atom. The second kappa shape index (κ2) is 10.7. The number of carbonyl (C=O) groups is 2. The number of aryl methyl sites for hydroxylation is 1. The predicted molar refractivity (Wildman–Crippen MR) is 134 cm³/mol. The van der Waals surface area contributed by atoms with Gasteiger partial charge in [0, 0.05) is 5.56 Å². The van der Waals surface area contributed by atoms with Crippen LogP contribution in [-0.4, -0.2) is 11.9 Å². The van der Waals surface area contributed by atoms with E-state index in [2.05, 4.69) is 19.9 Å². The van der Waals surface area contributed by atoms with Crippen LogP contribution in [0.15, 0.2) is 66.7 Å². The molecule has 3 aromatic rings. The fourth-order valence-electron chi connectivity index (χ4n) is 4.84. The van der Waals surface area contributed by atoms with E-state index < -0.39 is 11.9 Å². The highest BCUT2D eigenvalue weighted by atomic mass is 16.6. The smallest absolute Gasteiger partial charge is 0.343 e. The summed E-state index contributed by atoms with van der Waals surface area (Å²) in [5.41, 5.74) is 3.87. The average Bonchev–Trinajstić information content (AvgIpc) is 2.87. The molecule has 0 radical (unpaired) electrons. The predicted octanol–water partition coefficient (Wildman–Crippen LogP) is 7.60. The Bertz CT molecular complexity index is 1140. The lowest BCUT2D eigenvalue weighted by molar-refractivity contribution is 0.0679. The monoisotopic (exact) mass is 456 g/mol. The molecule has 3 aromatic carbocycles. The van der Waals surface area contributed by atoms with Crippen LogP contribution in [-0.2, 0) is 0 Å². The molecule has 34 heavy (non-hydrogen) atoms. The normalized spacial score (nSPS) is 14.1. The van der Waals surface area contributed by atoms with Gasteiger partial charge in [-0.1, -0.05) is 75.6 Å². The van der Waals surface area contributed by atoms with Crippen molar-refractivity contribution < 1.29 is 19.1 Å². The third-order valence-corrected chi connectivity index (χ3v) is 6.52. The molecule has 4 nitrogen and oxygen atoms in total. The van der Waals surface area contributed by atoms with Gasteiger partial charge in [0.1, 0.15) is 0 Å². The molecule has 1 fully saturated rings. The van der Waals surface area contributed by atoms with Crippen LogP contribution in [0.2, 0.25) is 0 Å². The van der Waals surface area contributed by atoms with Gasteiger partial charge in [-0.2, -0.15) is 0 Å². The Kier molecular flexibility index (Phi) is 7.46. The molecule has 0 aromatic heterocycles. The van der Waals surface area contributed by atoms with Crippen LogP contribution in [0.25, 0.3) is 0 Å². The highest BCUT2D eigenvalue weighted by Gasteiger charge is 2.29. The third kappa shape index (κ3) is 5.22. The number of rotatable bonds is 6. The number of esters is 2. The third-order valence-electron chi connectivity index (χ3n) is 6.52. The van der Waals surface area contributed by atoms with Gasteiger partial charge in [-0.15, -0.1) is 0 Å². The van der Waals surface area contributed by atoms with E-state index in [4.69, 9.17) is 9.47 Å². The second-order valence-electron chi connectivity index (χ2n) is 9.36. The molecule has 1 aliphatic carbocycles. The lowest BCUT2D eigenvalue weighted by Crippen LogP contribution is -2.17. The molecule has 0 amide bonds. The molecule has 1 aliphatic rings. The van der Waals surface area contributed by atoms with Crippen molar-refractivity contribution in [1.29, 1.82) is 0 Å². The van der Waals surface area contributed by atoms with E-state index in [1.807, 2.05) is 19.1 Å². The number of carbonyl (C=O) groups excluding carboxylic acids is 2. The van der Waals surface area contributed by atoms with Gasteiger partial charge < -0.3 is 9.47 Å². The molecular formula is C30H32O4. The summed E-state index contributed by atoms with van der Waals surface area (Å²) in [5.74, 6) is 0.263. The van der Waals surface area contributed by atoms with E-state index in [9.17, 15) is 9.59 Å². The van der Waals surface area contributed by atoms with Gasteiger partial charge in [-0.3, -0.25) is 0 Å². The Labute approximate surface area is 201 Å². The molecular weight excluding hydrogens is 424 g/mol. The van der Waals surface area contributed by atoms with E-state index in [-0.39, 0.29) is 5.92 Å². The number of hydrogen-bond acceptors (Lipinski definition) is 4. The summed E-state index contributed by atoms with van der Waals surface area (Å²) in [4.78, 5) is 26.1. The molecule has 176 valence electrons. The van der Waals surface area contributed by atoms with Crippen molar-refractivity contribution in [3.8, 4) is 11.5 Å². The van der Waals surface area contributed by atoms with Crippen LogP contribution in [0.1, 0.15) is 95.2 Å². The number of ether oxygens (including phenoxy) is 2. The van der Waals surface area contributed by atoms with Gasteiger partial charge in [-0.25, -0.2) is 9.59 Å². The second-order valence-corrected chi connectivity index (χ2v) is 9.36. The van der Waals surface area contributed by atoms with E-state index in [0.717, 1.165) is 24.0 Å². The minimum atomic E-state index is -0.471. The molecule has 0 heterocycles. The minimum Gasteiger partial charge on any atom is -0.419 e. The van der Waals surface area contributed by atoms with Crippen LogP contribution in [0.5, 0.6) is 11.5 Å². The first-order valence-corrected chi connectivity index (χ1v) is 12.2. The van der Waals surface area contributed by atoms with Crippen molar-refractivity contribution in [2.45, 2.75) is 64.7 Å². The van der Waals surface area contributed by atoms with Gasteiger partial charge in [0.05, 0.1) is 11.1 Å². The Balaban J connectivity index is 1.82. The largest absolute Gasteiger partial charge is 0.419 e. The minimum absolute atomic E-state index is 0.0882. The molecule has 0 aliphatic heterocycles. The van der Waals surface area contributed by atoms with Gasteiger partial charge in [0.25, 0.3) is 0 Å². The maximum atomic E-state index is 13.1. The van der Waals surface area contributed by atoms with Crippen LogP contribution < -0.4 is 9.47 Å². The molecule has 0 spiro atoms. The number of benzene rings is 3. The van der Waals surface area contributed by atoms with Crippen molar-refractivity contribution in [3.05, 3.63) is 94.5 Å². The molecule has 1 saturated carbocycles. The molecule has 0 atom stereocenters. The first kappa shape index (κ1) is 23.7. The Hall–Kier alpha value is -3.40. The summed E-state index contributed by atoms with van der Waals surface area (Å²) in [6, 6.07) is 19.9. The molecule has 4 rings (SSSR count). The van der Waals surface area contributed by atoms with Crippen LogP contribution >= 0.6 is 0 Å². The zero-order valence-electron chi connectivity index (χ0n) is 20.2. The van der Waals surface area contributed by atoms with E-state index in [1.165, 1.54) is 24.8 Å². The molecule has 0 unspecified atom stereocenters. The van der Waals surface area contributed by atoms with E-state index >= 15 is 0 Å². The van der Waals surface area contributed by atoms with Crippen molar-refractivity contribution >= 4 is 11.9 Å². The number of hydrogen-bond donors (Lipinski definition) is 0. The molecule has 4 heteroatoms. The average molecular weight is 457 g/mol. The lowest BCUT2D eigenvalue weighted by Gasteiger charge is -2.29. The Morgan fingerprint density at radius 3 is 1.76 bits per heavy atom. The summed E-state index contributed by atoms with van der Waals surface area (Å²) in [7, 11) is 0. The van der Waals surface area contributed by atoms with E-state index in [0.29, 0.717) is 28.5 Å². The zero-order valence-corrected chi connectivity index (χ0v) is 20.2. The fourth-order valence-corrected chi connectivity index (χ4v) is 4.84. The maximum Gasteiger partial charge on any atom is 0.343 e. The summed E-state index contributed by atoms with van der Waals surface area (Å²) in [5, 5.41) is 0. The quantitative estimate of drug-likeness (QED) is 0.283. The summed E-state index contributed by atoms with van der Waals surface area (Å²) >= 11 is 0. The highest BCUT2D eigenvalue weighted by molar-refractivity contribution is 5.93. The van der Waals surface area contributed by atoms with Crippen LogP contribution in [0.3, 0.4) is 0 Å². The topological polar surface area (TPSA) is 52.6 Å². The standard InChI is InChI=1S/C30H32O4/c1-20(2)26-25(22-13-7-4-8-14-22)19-21(3)27(33-29(31)23-15-9-5-10-16-23)28(26)34-30(32)24-17-11-6-12-18-24/h5-6,9-12,15-20,22H,4,7-8,13-14H2,1-3H3. The van der Waals surface area contributed by atoms with Crippen molar-refractivity contribution in [3.63, 3.8) is 0 Å². The van der Waals surface area contributed by atoms with Gasteiger partial charge in [0.2, 0.25) is 0 Å². The summed E-state index contributed by atoms with van der Waals surface area (Å²) in [6.45, 7) is 6.11. The first-order valence-electron chi connectivity index (χ1n) is 12.2. The molecule has 0 N–H and O–H groups in total. The van der Waals surface area contributed by atoms with Crippen LogP contribution in [0.4, 0.5) is 0 Å². The summed E-state index contributed by atoms with van der Waals surface area (Å²) in [6.07, 6.45) is 5.90. The van der Waals surface area contributed by atoms with Gasteiger partial charge in [0.15, 0.2) is 11.5 Å². The fraction of sp³-hybridized carbons (Fsp3) is 0.333. The highest BCUT2D eigenvalue weighted by Crippen LogP contribution is 2.46. The van der Waals surface area contributed by atoms with Crippen LogP contribution in [0, 0.1) is 6.92 Å². The lowest BCUT2D eigenvalue weighted by atomic mass is 9.79. The maximum absolute atomic E-state index is 13.1. The Morgan fingerprint density at radius 1 is 0.765 bits per heavy atom. The zero-order chi connectivity index (χ0) is 24.1. The molecule has 0 bridgehead atoms. The summed E-state index contributed by atoms with van der Waals surface area (Å²) < 4.78 is 12.0. The SMILES string of the molecule is Cc1cc(C2CCCCC2)c(C(C)C)c(OC(=O)c2ccccc2)c1OC(=O)c1ccccc1. The van der Waals surface area contributed by atoms with E-state index in [1.54, 1.807) is 48.5 Å². The molecule has 0 saturated heterocycles. The van der Waals surface area contributed by atoms with Crippen molar-refractivity contribution in [2.24, 2.45) is 0 Å². The van der Waals surface area contributed by atoms with Crippen molar-refractivity contribution in [2.75, 3.05) is 0 Å².